The third kappa shape index (κ3) is 7.43. The molecule has 35 heavy (non-hydrogen) atoms. The van der Waals surface area contributed by atoms with E-state index in [0.29, 0.717) is 41.5 Å². The number of hydrogen-bond acceptors (Lipinski definition) is 8. The molecule has 1 amide bonds. The fraction of sp³-hybridized carbons (Fsp3) is 0.400. The molecular weight excluding hydrogens is 446 g/mol. The van der Waals surface area contributed by atoms with Crippen molar-refractivity contribution >= 4 is 6.09 Å². The maximum atomic E-state index is 11.8. The number of hydrogen-bond donors (Lipinski definition) is 3. The molecule has 0 saturated carbocycles. The molecule has 186 valence electrons. The fourth-order valence-electron chi connectivity index (χ4n) is 3.55. The number of allylic oxidation sites excluding steroid dienone is 1. The summed E-state index contributed by atoms with van der Waals surface area (Å²) >= 11 is 0. The SMILES string of the molecule is CC(C)(C)OC(=O)NCCc1cnn(-c2ccc(C#N)cc2OC(=C/N)/C=C(\N)N2CCCC2)c1. The summed E-state index contributed by atoms with van der Waals surface area (Å²) in [6, 6.07) is 7.19. The molecule has 1 aromatic carbocycles. The lowest BCUT2D eigenvalue weighted by atomic mass is 10.2. The maximum absolute atomic E-state index is 11.8. The van der Waals surface area contributed by atoms with E-state index in [1.54, 1.807) is 35.2 Å². The average Bonchev–Trinajstić information content (AvgIpc) is 3.50. The van der Waals surface area contributed by atoms with E-state index >= 15 is 0 Å². The van der Waals surface area contributed by atoms with Crippen LogP contribution < -0.4 is 21.5 Å². The second kappa shape index (κ2) is 11.3. The molecular formula is C25H33N7O3. The minimum Gasteiger partial charge on any atom is -0.453 e. The van der Waals surface area contributed by atoms with Crippen molar-refractivity contribution in [2.45, 2.75) is 45.6 Å². The molecule has 10 nitrogen and oxygen atoms in total. The lowest BCUT2D eigenvalue weighted by Crippen LogP contribution is -2.33. The summed E-state index contributed by atoms with van der Waals surface area (Å²) < 4.78 is 13.0. The van der Waals surface area contributed by atoms with Crippen molar-refractivity contribution in [2.75, 3.05) is 19.6 Å². The quantitative estimate of drug-likeness (QED) is 0.387. The van der Waals surface area contributed by atoms with Crippen molar-refractivity contribution in [3.63, 3.8) is 0 Å². The standard InChI is InChI=1S/C25H33N7O3/c1-25(2,3)35-24(33)29-9-8-19-16-30-32(17-19)21-7-6-18(14-26)12-22(21)34-20(15-27)13-23(28)31-10-4-5-11-31/h6-7,12-13,15-17H,4-5,8-11,27-28H2,1-3H3,(H,29,33)/b20-15+,23-13+. The Bertz CT molecular complexity index is 1130. The van der Waals surface area contributed by atoms with E-state index in [1.807, 2.05) is 27.0 Å². The van der Waals surface area contributed by atoms with Crippen LogP contribution in [0.2, 0.25) is 0 Å². The molecule has 0 bridgehead atoms. The Hall–Kier alpha value is -4.13. The summed E-state index contributed by atoms with van der Waals surface area (Å²) in [4.78, 5) is 13.9. The predicted octanol–water partition coefficient (Wildman–Crippen LogP) is 2.89. The number of benzene rings is 1. The molecule has 0 spiro atoms. The van der Waals surface area contributed by atoms with Crippen LogP contribution in [0.3, 0.4) is 0 Å². The third-order valence-electron chi connectivity index (χ3n) is 5.21. The van der Waals surface area contributed by atoms with Crippen molar-refractivity contribution in [2.24, 2.45) is 11.5 Å². The number of nitriles is 1. The molecule has 2 heterocycles. The number of ether oxygens (including phenoxy) is 2. The van der Waals surface area contributed by atoms with Gasteiger partial charge in [0.2, 0.25) is 0 Å². The van der Waals surface area contributed by atoms with E-state index in [-0.39, 0.29) is 0 Å². The van der Waals surface area contributed by atoms with Gasteiger partial charge in [-0.3, -0.25) is 0 Å². The van der Waals surface area contributed by atoms with Gasteiger partial charge in [0, 0.05) is 44.2 Å². The molecule has 2 aromatic rings. The van der Waals surface area contributed by atoms with Gasteiger partial charge in [-0.25, -0.2) is 9.48 Å². The van der Waals surface area contributed by atoms with Crippen LogP contribution in [0.25, 0.3) is 5.69 Å². The molecule has 1 fully saturated rings. The van der Waals surface area contributed by atoms with Gasteiger partial charge in [-0.1, -0.05) is 0 Å². The van der Waals surface area contributed by atoms with E-state index in [4.69, 9.17) is 20.9 Å². The highest BCUT2D eigenvalue weighted by Gasteiger charge is 2.17. The minimum absolute atomic E-state index is 0.361. The van der Waals surface area contributed by atoms with Crippen LogP contribution in [-0.4, -0.2) is 46.0 Å². The fourth-order valence-corrected chi connectivity index (χ4v) is 3.55. The van der Waals surface area contributed by atoms with Gasteiger partial charge in [-0.15, -0.1) is 0 Å². The molecule has 5 N–H and O–H groups in total. The van der Waals surface area contributed by atoms with E-state index in [9.17, 15) is 10.1 Å². The predicted molar refractivity (Wildman–Crippen MR) is 132 cm³/mol. The van der Waals surface area contributed by atoms with Crippen LogP contribution in [0.15, 0.2) is 54.4 Å². The first kappa shape index (κ1) is 25.5. The van der Waals surface area contributed by atoms with Crippen LogP contribution in [0, 0.1) is 11.3 Å². The number of carbonyl (C=O) groups excluding carboxylic acids is 1. The number of nitrogens with zero attached hydrogens (tertiary/aromatic N) is 4. The average molecular weight is 480 g/mol. The zero-order chi connectivity index (χ0) is 25.4. The number of aromatic nitrogens is 2. The van der Waals surface area contributed by atoms with Crippen LogP contribution >= 0.6 is 0 Å². The molecule has 1 saturated heterocycles. The van der Waals surface area contributed by atoms with Crippen molar-refractivity contribution in [1.82, 2.24) is 20.0 Å². The van der Waals surface area contributed by atoms with Gasteiger partial charge < -0.3 is 31.2 Å². The first-order valence-electron chi connectivity index (χ1n) is 11.6. The van der Waals surface area contributed by atoms with Crippen LogP contribution in [0.1, 0.15) is 44.7 Å². The van der Waals surface area contributed by atoms with Gasteiger partial charge in [-0.2, -0.15) is 10.4 Å². The van der Waals surface area contributed by atoms with Crippen molar-refractivity contribution in [1.29, 1.82) is 5.26 Å². The van der Waals surface area contributed by atoms with Gasteiger partial charge in [0.15, 0.2) is 5.75 Å². The Kier molecular flexibility index (Phi) is 8.25. The molecule has 1 aliphatic heterocycles. The van der Waals surface area contributed by atoms with Gasteiger partial charge in [0.25, 0.3) is 0 Å². The first-order valence-corrected chi connectivity index (χ1v) is 11.6. The van der Waals surface area contributed by atoms with Gasteiger partial charge >= 0.3 is 6.09 Å². The smallest absolute Gasteiger partial charge is 0.407 e. The summed E-state index contributed by atoms with van der Waals surface area (Å²) in [5.74, 6) is 1.35. The van der Waals surface area contributed by atoms with E-state index < -0.39 is 11.7 Å². The molecule has 0 aliphatic carbocycles. The second-order valence-corrected chi connectivity index (χ2v) is 9.20. The number of nitrogens with one attached hydrogen (secondary N) is 1. The van der Waals surface area contributed by atoms with Crippen molar-refractivity contribution in [3.05, 3.63) is 65.6 Å². The highest BCUT2D eigenvalue weighted by molar-refractivity contribution is 5.67. The highest BCUT2D eigenvalue weighted by atomic mass is 16.6. The number of carbonyl (C=O) groups is 1. The Morgan fingerprint density at radius 3 is 2.71 bits per heavy atom. The first-order chi connectivity index (χ1) is 16.7. The number of likely N-dealkylation sites (tertiary alicyclic amines) is 1. The second-order valence-electron chi connectivity index (χ2n) is 9.20. The monoisotopic (exact) mass is 479 g/mol. The molecule has 0 radical (unpaired) electrons. The maximum Gasteiger partial charge on any atom is 0.407 e. The summed E-state index contributed by atoms with van der Waals surface area (Å²) in [5.41, 5.74) is 13.5. The normalized spacial score (nSPS) is 14.5. The molecule has 0 unspecified atom stereocenters. The minimum atomic E-state index is -0.549. The van der Waals surface area contributed by atoms with E-state index in [2.05, 4.69) is 21.4 Å². The van der Waals surface area contributed by atoms with Gasteiger partial charge in [0.1, 0.15) is 22.9 Å². The largest absolute Gasteiger partial charge is 0.453 e. The topological polar surface area (TPSA) is 144 Å². The molecule has 0 atom stereocenters. The lowest BCUT2D eigenvalue weighted by molar-refractivity contribution is 0.0528. The van der Waals surface area contributed by atoms with E-state index in [1.165, 1.54) is 6.20 Å². The lowest BCUT2D eigenvalue weighted by Gasteiger charge is -2.19. The Morgan fingerprint density at radius 1 is 1.31 bits per heavy atom. The summed E-state index contributed by atoms with van der Waals surface area (Å²) in [6.45, 7) is 7.64. The number of amides is 1. The van der Waals surface area contributed by atoms with Crippen LogP contribution in [0.5, 0.6) is 5.75 Å². The summed E-state index contributed by atoms with van der Waals surface area (Å²) in [5, 5.41) is 16.5. The van der Waals surface area contributed by atoms with Gasteiger partial charge in [0.05, 0.1) is 17.8 Å². The zero-order valence-corrected chi connectivity index (χ0v) is 20.5. The van der Waals surface area contributed by atoms with Crippen molar-refractivity contribution < 1.29 is 14.3 Å². The Labute approximate surface area is 205 Å². The van der Waals surface area contributed by atoms with E-state index in [0.717, 1.165) is 31.5 Å². The highest BCUT2D eigenvalue weighted by Crippen LogP contribution is 2.27. The summed E-state index contributed by atoms with van der Waals surface area (Å²) in [7, 11) is 0. The third-order valence-corrected chi connectivity index (χ3v) is 5.21. The molecule has 3 rings (SSSR count). The Balaban J connectivity index is 1.73. The molecule has 1 aliphatic rings. The number of alkyl carbamates (subject to hydrolysis) is 1. The van der Waals surface area contributed by atoms with Gasteiger partial charge in [-0.05, 0) is 57.7 Å². The molecule has 1 aromatic heterocycles. The number of rotatable bonds is 8. The van der Waals surface area contributed by atoms with Crippen LogP contribution in [0.4, 0.5) is 4.79 Å². The summed E-state index contributed by atoms with van der Waals surface area (Å²) in [6.07, 6.45) is 8.87. The zero-order valence-electron chi connectivity index (χ0n) is 20.5. The van der Waals surface area contributed by atoms with Crippen molar-refractivity contribution in [3.8, 4) is 17.5 Å². The molecule has 10 heteroatoms. The van der Waals surface area contributed by atoms with Crippen LogP contribution in [-0.2, 0) is 11.2 Å². The Morgan fingerprint density at radius 2 is 2.06 bits per heavy atom. The number of nitrogens with two attached hydrogens (primary N) is 2.